The Labute approximate surface area is 160 Å². The Bertz CT molecular complexity index is 943. The van der Waals surface area contributed by atoms with Crippen molar-refractivity contribution >= 4 is 29.3 Å². The van der Waals surface area contributed by atoms with E-state index in [9.17, 15) is 9.59 Å². The lowest BCUT2D eigenvalue weighted by atomic mass is 10.1. The number of nitrogens with one attached hydrogen (secondary N) is 1. The van der Waals surface area contributed by atoms with Gasteiger partial charge in [0.25, 0.3) is 5.91 Å². The summed E-state index contributed by atoms with van der Waals surface area (Å²) in [5.74, 6) is -0.0964. The van der Waals surface area contributed by atoms with Crippen LogP contribution in [0.25, 0.3) is 0 Å². The Morgan fingerprint density at radius 1 is 1.22 bits per heavy atom. The molecular weight excluding hydrogens is 370 g/mol. The van der Waals surface area contributed by atoms with Crippen molar-refractivity contribution in [2.75, 3.05) is 12.4 Å². The molecule has 27 heavy (non-hydrogen) atoms. The van der Waals surface area contributed by atoms with E-state index in [1.165, 1.54) is 42.5 Å². The van der Waals surface area contributed by atoms with E-state index in [-0.39, 0.29) is 34.5 Å². The zero-order valence-electron chi connectivity index (χ0n) is 14.4. The molecule has 3 aromatic rings. The molecule has 0 aliphatic heterocycles. The second kappa shape index (κ2) is 8.37. The van der Waals surface area contributed by atoms with Crippen LogP contribution in [0.15, 0.2) is 61.2 Å². The van der Waals surface area contributed by atoms with Gasteiger partial charge in [-0.15, -0.1) is 0 Å². The Morgan fingerprint density at radius 3 is 2.67 bits per heavy atom. The average Bonchev–Trinajstić information content (AvgIpc) is 3.22. The lowest BCUT2D eigenvalue weighted by Gasteiger charge is -2.13. The van der Waals surface area contributed by atoms with Gasteiger partial charge < -0.3 is 9.47 Å². The average molecular weight is 386 g/mol. The molecule has 8 heteroatoms. The van der Waals surface area contributed by atoms with Gasteiger partial charge in [0.1, 0.15) is 18.7 Å². The van der Waals surface area contributed by atoms with Gasteiger partial charge in [-0.05, 0) is 11.6 Å². The van der Waals surface area contributed by atoms with E-state index in [4.69, 9.17) is 21.1 Å². The zero-order chi connectivity index (χ0) is 19.2. The van der Waals surface area contributed by atoms with Gasteiger partial charge in [0, 0.05) is 18.5 Å². The molecule has 0 aliphatic carbocycles. The highest BCUT2D eigenvalue weighted by molar-refractivity contribution is 6.34. The number of ether oxygens (including phenoxy) is 2. The molecule has 0 radical (unpaired) electrons. The summed E-state index contributed by atoms with van der Waals surface area (Å²) in [7, 11) is 1.42. The van der Waals surface area contributed by atoms with Crippen LogP contribution in [-0.4, -0.2) is 28.7 Å². The number of carbonyl (C=O) groups is 2. The minimum atomic E-state index is -0.670. The molecule has 0 spiro atoms. The van der Waals surface area contributed by atoms with Crippen molar-refractivity contribution in [3.63, 3.8) is 0 Å². The normalized spacial score (nSPS) is 10.3. The molecule has 138 valence electrons. The number of nitrogens with zero attached hydrogens (tertiary/aromatic N) is 2. The summed E-state index contributed by atoms with van der Waals surface area (Å²) < 4.78 is 11.7. The highest BCUT2D eigenvalue weighted by Gasteiger charge is 2.18. The van der Waals surface area contributed by atoms with E-state index in [1.807, 2.05) is 30.3 Å². The summed E-state index contributed by atoms with van der Waals surface area (Å²) >= 11 is 6.22. The van der Waals surface area contributed by atoms with Crippen molar-refractivity contribution < 1.29 is 19.1 Å². The molecule has 1 aromatic heterocycles. The molecule has 0 unspecified atom stereocenters. The summed E-state index contributed by atoms with van der Waals surface area (Å²) in [6, 6.07) is 12.2. The second-order valence-electron chi connectivity index (χ2n) is 5.49. The summed E-state index contributed by atoms with van der Waals surface area (Å²) in [6.07, 6.45) is 3.72. The lowest BCUT2D eigenvalue weighted by molar-refractivity contribution is 0.0956. The van der Waals surface area contributed by atoms with Crippen LogP contribution in [0, 0.1) is 0 Å². The number of methoxy groups -OCH3 is 1. The largest absolute Gasteiger partial charge is 0.496 e. The van der Waals surface area contributed by atoms with E-state index in [1.54, 1.807) is 0 Å². The van der Waals surface area contributed by atoms with Crippen LogP contribution < -0.4 is 10.1 Å². The predicted octanol–water partition coefficient (Wildman–Crippen LogP) is 3.98. The Hall–Kier alpha value is -3.32. The molecule has 7 nitrogen and oxygen atoms in total. The van der Waals surface area contributed by atoms with E-state index >= 15 is 0 Å². The first-order valence-corrected chi connectivity index (χ1v) is 8.34. The first-order chi connectivity index (χ1) is 13.1. The van der Waals surface area contributed by atoms with E-state index in [0.29, 0.717) is 0 Å². The van der Waals surface area contributed by atoms with Crippen molar-refractivity contribution in [1.29, 1.82) is 0 Å². The fourth-order valence-corrected chi connectivity index (χ4v) is 2.58. The van der Waals surface area contributed by atoms with Crippen LogP contribution in [0.4, 0.5) is 10.5 Å². The molecule has 3 rings (SSSR count). The molecule has 0 atom stereocenters. The number of hydrogen-bond donors (Lipinski definition) is 1. The van der Waals surface area contributed by atoms with Crippen molar-refractivity contribution in [2.24, 2.45) is 0 Å². The van der Waals surface area contributed by atoms with Crippen LogP contribution in [0.2, 0.25) is 5.02 Å². The van der Waals surface area contributed by atoms with E-state index < -0.39 is 6.09 Å². The molecule has 1 N–H and O–H groups in total. The summed E-state index contributed by atoms with van der Waals surface area (Å²) in [5.41, 5.74) is 1.37. The van der Waals surface area contributed by atoms with Crippen molar-refractivity contribution in [2.45, 2.75) is 6.61 Å². The van der Waals surface area contributed by atoms with Gasteiger partial charge in [0.15, 0.2) is 0 Å². The van der Waals surface area contributed by atoms with E-state index in [0.717, 1.165) is 5.56 Å². The van der Waals surface area contributed by atoms with Gasteiger partial charge in [0.2, 0.25) is 0 Å². The molecule has 0 aliphatic rings. The number of hydrogen-bond acceptors (Lipinski definition) is 5. The third-order valence-corrected chi connectivity index (χ3v) is 4.02. The maximum absolute atomic E-state index is 12.5. The van der Waals surface area contributed by atoms with Crippen molar-refractivity contribution in [3.8, 4) is 5.75 Å². The SMILES string of the molecule is COc1cc(NC(=O)OCc2ccccc2)c(Cl)cc1C(=O)n1ccnc1. The molecule has 2 aromatic carbocycles. The number of imidazole rings is 1. The van der Waals surface area contributed by atoms with Gasteiger partial charge in [-0.1, -0.05) is 41.9 Å². The van der Waals surface area contributed by atoms with Gasteiger partial charge in [-0.3, -0.25) is 14.7 Å². The minimum absolute atomic E-state index is 0.124. The third-order valence-electron chi connectivity index (χ3n) is 3.71. The van der Waals surface area contributed by atoms with Gasteiger partial charge in [0.05, 0.1) is 23.4 Å². The first kappa shape index (κ1) is 18.5. The third kappa shape index (κ3) is 4.45. The Balaban J connectivity index is 1.74. The Kier molecular flexibility index (Phi) is 5.73. The Morgan fingerprint density at radius 2 is 2.00 bits per heavy atom. The fraction of sp³-hybridized carbons (Fsp3) is 0.105. The predicted molar refractivity (Wildman–Crippen MR) is 100 cm³/mol. The molecular formula is C19H16ClN3O4. The zero-order valence-corrected chi connectivity index (χ0v) is 15.1. The maximum atomic E-state index is 12.5. The summed E-state index contributed by atoms with van der Waals surface area (Å²) in [4.78, 5) is 28.4. The lowest BCUT2D eigenvalue weighted by Crippen LogP contribution is -2.15. The fourth-order valence-electron chi connectivity index (χ4n) is 2.37. The molecule has 0 saturated heterocycles. The minimum Gasteiger partial charge on any atom is -0.496 e. The van der Waals surface area contributed by atoms with Crippen LogP contribution in [0.1, 0.15) is 15.9 Å². The van der Waals surface area contributed by atoms with Crippen molar-refractivity contribution in [3.05, 3.63) is 77.3 Å². The van der Waals surface area contributed by atoms with Crippen LogP contribution in [-0.2, 0) is 11.3 Å². The highest BCUT2D eigenvalue weighted by atomic mass is 35.5. The number of anilines is 1. The standard InChI is InChI=1S/C19H16ClN3O4/c1-26-17-10-16(22-19(25)27-11-13-5-3-2-4-6-13)15(20)9-14(17)18(24)23-8-7-21-12-23/h2-10,12H,11H2,1H3,(H,22,25). The van der Waals surface area contributed by atoms with Gasteiger partial charge in [-0.25, -0.2) is 9.78 Å². The summed E-state index contributed by atoms with van der Waals surface area (Å²) in [6.45, 7) is 0.124. The smallest absolute Gasteiger partial charge is 0.412 e. The number of rotatable bonds is 5. The van der Waals surface area contributed by atoms with E-state index in [2.05, 4.69) is 10.3 Å². The number of benzene rings is 2. The monoisotopic (exact) mass is 385 g/mol. The highest BCUT2D eigenvalue weighted by Crippen LogP contribution is 2.31. The quantitative estimate of drug-likeness (QED) is 0.718. The number of carbonyl (C=O) groups excluding carboxylic acids is 2. The topological polar surface area (TPSA) is 82.5 Å². The number of halogens is 1. The maximum Gasteiger partial charge on any atom is 0.412 e. The molecule has 0 bridgehead atoms. The molecule has 0 fully saturated rings. The summed E-state index contributed by atoms with van der Waals surface area (Å²) in [5, 5.41) is 2.73. The van der Waals surface area contributed by atoms with Gasteiger partial charge >= 0.3 is 6.09 Å². The van der Waals surface area contributed by atoms with Gasteiger partial charge in [-0.2, -0.15) is 0 Å². The molecule has 1 heterocycles. The van der Waals surface area contributed by atoms with Crippen LogP contribution in [0.5, 0.6) is 5.75 Å². The molecule has 0 saturated carbocycles. The number of amides is 1. The van der Waals surface area contributed by atoms with Crippen molar-refractivity contribution in [1.82, 2.24) is 9.55 Å². The second-order valence-corrected chi connectivity index (χ2v) is 5.90. The molecule has 1 amide bonds. The first-order valence-electron chi connectivity index (χ1n) is 7.96. The van der Waals surface area contributed by atoms with Crippen LogP contribution in [0.3, 0.4) is 0 Å². The number of aromatic nitrogens is 2. The van der Waals surface area contributed by atoms with Crippen LogP contribution >= 0.6 is 11.6 Å².